The van der Waals surface area contributed by atoms with E-state index in [-0.39, 0.29) is 5.57 Å². The zero-order chi connectivity index (χ0) is 19.0. The van der Waals surface area contributed by atoms with Crippen molar-refractivity contribution >= 4 is 35.5 Å². The third kappa shape index (κ3) is 9.91. The van der Waals surface area contributed by atoms with Gasteiger partial charge in [-0.25, -0.2) is 9.59 Å². The van der Waals surface area contributed by atoms with E-state index in [1.54, 1.807) is 23.5 Å². The molecule has 1 fully saturated rings. The Morgan fingerprint density at radius 3 is 1.58 bits per heavy atom. The van der Waals surface area contributed by atoms with Crippen molar-refractivity contribution in [1.29, 1.82) is 0 Å². The molecule has 150 valence electrons. The van der Waals surface area contributed by atoms with Crippen LogP contribution in [-0.2, 0) is 19.1 Å². The smallest absolute Gasteiger partial charge is 0.347 e. The van der Waals surface area contributed by atoms with E-state index in [1.807, 2.05) is 0 Å². The fraction of sp³-hybridized carbons (Fsp3) is 0.800. The highest BCUT2D eigenvalue weighted by atomic mass is 32.2. The first-order chi connectivity index (χ1) is 12.7. The Hall–Kier alpha value is -0.620. The fourth-order valence-corrected chi connectivity index (χ4v) is 5.08. The minimum atomic E-state index is -0.520. The largest absolute Gasteiger partial charge is 0.462 e. The summed E-state index contributed by atoms with van der Waals surface area (Å²) in [5.41, 5.74) is 0.111. The molecule has 0 saturated carbocycles. The molecule has 0 amide bonds. The van der Waals surface area contributed by atoms with Gasteiger partial charge in [-0.05, 0) is 12.8 Å². The van der Waals surface area contributed by atoms with Crippen LogP contribution in [0.25, 0.3) is 0 Å². The standard InChI is InChI=1S/C20H34O4S2/c1-3-5-7-9-11-13-23-18(21)17(20-25-15-16-26-20)19(22)24-14-12-10-8-6-4-2/h3-16H2,1-2H3. The van der Waals surface area contributed by atoms with Gasteiger partial charge in [0, 0.05) is 11.5 Å². The van der Waals surface area contributed by atoms with Crippen LogP contribution in [0.4, 0.5) is 0 Å². The molecule has 0 unspecified atom stereocenters. The van der Waals surface area contributed by atoms with Gasteiger partial charge in [0.25, 0.3) is 0 Å². The molecule has 0 aliphatic carbocycles. The third-order valence-corrected chi connectivity index (χ3v) is 6.84. The van der Waals surface area contributed by atoms with Crippen molar-refractivity contribution in [3.8, 4) is 0 Å². The molecule has 0 aromatic heterocycles. The molecule has 6 heteroatoms. The second-order valence-electron chi connectivity index (χ2n) is 6.46. The van der Waals surface area contributed by atoms with Crippen molar-refractivity contribution in [2.45, 2.75) is 78.1 Å². The first-order valence-corrected chi connectivity index (χ1v) is 12.0. The summed E-state index contributed by atoms with van der Waals surface area (Å²) >= 11 is 3.10. The summed E-state index contributed by atoms with van der Waals surface area (Å²) in [7, 11) is 0. The molecule has 1 rings (SSSR count). The minimum Gasteiger partial charge on any atom is -0.462 e. The zero-order valence-corrected chi connectivity index (χ0v) is 18.0. The quantitative estimate of drug-likeness (QED) is 0.122. The Morgan fingerprint density at radius 2 is 1.15 bits per heavy atom. The molecule has 0 atom stereocenters. The maximum absolute atomic E-state index is 12.4. The highest BCUT2D eigenvalue weighted by Crippen LogP contribution is 2.39. The Morgan fingerprint density at radius 1 is 0.731 bits per heavy atom. The molecule has 0 radical (unpaired) electrons. The first-order valence-electron chi connectivity index (χ1n) is 10.0. The van der Waals surface area contributed by atoms with E-state index in [2.05, 4.69) is 13.8 Å². The van der Waals surface area contributed by atoms with Gasteiger partial charge in [-0.3, -0.25) is 0 Å². The molecule has 0 aromatic rings. The van der Waals surface area contributed by atoms with Crippen LogP contribution in [-0.4, -0.2) is 36.7 Å². The molecule has 0 N–H and O–H groups in total. The second-order valence-corrected chi connectivity index (χ2v) is 8.93. The monoisotopic (exact) mass is 402 g/mol. The maximum atomic E-state index is 12.4. The van der Waals surface area contributed by atoms with E-state index >= 15 is 0 Å². The Balaban J connectivity index is 2.43. The number of esters is 2. The van der Waals surface area contributed by atoms with Gasteiger partial charge in [0.05, 0.1) is 17.5 Å². The van der Waals surface area contributed by atoms with Crippen LogP contribution in [0.3, 0.4) is 0 Å². The van der Waals surface area contributed by atoms with E-state index in [0.29, 0.717) is 13.2 Å². The summed E-state index contributed by atoms with van der Waals surface area (Å²) < 4.78 is 11.5. The maximum Gasteiger partial charge on any atom is 0.347 e. The van der Waals surface area contributed by atoms with Gasteiger partial charge in [0.15, 0.2) is 5.57 Å². The number of ether oxygens (including phenoxy) is 2. The lowest BCUT2D eigenvalue weighted by Gasteiger charge is -2.11. The van der Waals surface area contributed by atoms with Gasteiger partial charge < -0.3 is 9.47 Å². The Bertz CT molecular complexity index is 411. The lowest BCUT2D eigenvalue weighted by molar-refractivity contribution is -0.147. The molecule has 0 bridgehead atoms. The average Bonchev–Trinajstić information content (AvgIpc) is 3.15. The predicted octanol–water partition coefficient (Wildman–Crippen LogP) is 5.71. The number of carbonyl (C=O) groups is 2. The summed E-state index contributed by atoms with van der Waals surface area (Å²) in [4.78, 5) is 24.9. The molecule has 0 spiro atoms. The van der Waals surface area contributed by atoms with E-state index in [1.165, 1.54) is 25.7 Å². The van der Waals surface area contributed by atoms with Gasteiger partial charge in [-0.1, -0.05) is 65.2 Å². The lowest BCUT2D eigenvalue weighted by atomic mass is 10.2. The summed E-state index contributed by atoms with van der Waals surface area (Å²) in [5, 5.41) is 0. The van der Waals surface area contributed by atoms with Crippen molar-refractivity contribution in [1.82, 2.24) is 0 Å². The highest BCUT2D eigenvalue weighted by molar-refractivity contribution is 8.25. The minimum absolute atomic E-state index is 0.111. The van der Waals surface area contributed by atoms with Crippen molar-refractivity contribution in [3.63, 3.8) is 0 Å². The summed E-state index contributed by atoms with van der Waals surface area (Å²) in [6, 6.07) is 0. The topological polar surface area (TPSA) is 52.6 Å². The van der Waals surface area contributed by atoms with Crippen LogP contribution in [0.5, 0.6) is 0 Å². The van der Waals surface area contributed by atoms with Crippen LogP contribution in [0.15, 0.2) is 9.81 Å². The summed E-state index contributed by atoms with van der Waals surface area (Å²) in [6.07, 6.45) is 10.9. The van der Waals surface area contributed by atoms with Crippen molar-refractivity contribution in [3.05, 3.63) is 9.81 Å². The Labute approximate surface area is 167 Å². The number of rotatable bonds is 14. The third-order valence-electron chi connectivity index (χ3n) is 4.12. The number of carbonyl (C=O) groups excluding carboxylic acids is 2. The molecule has 1 heterocycles. The second kappa shape index (κ2) is 15.4. The van der Waals surface area contributed by atoms with E-state index < -0.39 is 11.9 Å². The summed E-state index contributed by atoms with van der Waals surface area (Å²) in [6.45, 7) is 5.09. The van der Waals surface area contributed by atoms with Crippen molar-refractivity contribution < 1.29 is 19.1 Å². The summed E-state index contributed by atoms with van der Waals surface area (Å²) in [5.74, 6) is 0.790. The van der Waals surface area contributed by atoms with E-state index in [9.17, 15) is 9.59 Å². The first kappa shape index (κ1) is 23.4. The molecule has 1 saturated heterocycles. The number of hydrogen-bond donors (Lipinski definition) is 0. The van der Waals surface area contributed by atoms with E-state index in [0.717, 1.165) is 54.3 Å². The average molecular weight is 403 g/mol. The molecule has 4 nitrogen and oxygen atoms in total. The van der Waals surface area contributed by atoms with Gasteiger partial charge in [0.1, 0.15) is 0 Å². The normalized spacial score (nSPS) is 13.7. The van der Waals surface area contributed by atoms with Crippen LogP contribution >= 0.6 is 23.5 Å². The van der Waals surface area contributed by atoms with Gasteiger partial charge in [0.2, 0.25) is 0 Å². The zero-order valence-electron chi connectivity index (χ0n) is 16.3. The van der Waals surface area contributed by atoms with Crippen LogP contribution < -0.4 is 0 Å². The van der Waals surface area contributed by atoms with Crippen LogP contribution in [0, 0.1) is 0 Å². The fourth-order valence-electron chi connectivity index (χ4n) is 2.59. The predicted molar refractivity (Wildman–Crippen MR) is 111 cm³/mol. The lowest BCUT2D eigenvalue weighted by Crippen LogP contribution is -2.20. The van der Waals surface area contributed by atoms with Crippen LogP contribution in [0.2, 0.25) is 0 Å². The molecular formula is C20H34O4S2. The van der Waals surface area contributed by atoms with Crippen LogP contribution in [0.1, 0.15) is 78.1 Å². The molecule has 1 aliphatic rings. The van der Waals surface area contributed by atoms with Gasteiger partial charge >= 0.3 is 11.9 Å². The molecule has 1 aliphatic heterocycles. The number of unbranched alkanes of at least 4 members (excludes halogenated alkanes) is 8. The number of thioether (sulfide) groups is 2. The molecule has 26 heavy (non-hydrogen) atoms. The van der Waals surface area contributed by atoms with Crippen molar-refractivity contribution in [2.75, 3.05) is 24.7 Å². The SMILES string of the molecule is CCCCCCCOC(=O)C(C(=O)OCCCCCCC)=C1SCCS1. The molecule has 0 aromatic carbocycles. The highest BCUT2D eigenvalue weighted by Gasteiger charge is 2.28. The van der Waals surface area contributed by atoms with Gasteiger partial charge in [-0.15, -0.1) is 23.5 Å². The van der Waals surface area contributed by atoms with E-state index in [4.69, 9.17) is 9.47 Å². The molecular weight excluding hydrogens is 368 g/mol. The van der Waals surface area contributed by atoms with Crippen molar-refractivity contribution in [2.24, 2.45) is 0 Å². The Kier molecular flexibility index (Phi) is 13.9. The van der Waals surface area contributed by atoms with Gasteiger partial charge in [-0.2, -0.15) is 0 Å². The number of hydrogen-bond acceptors (Lipinski definition) is 6.